The number of phenols is 1. The second kappa shape index (κ2) is 6.11. The van der Waals surface area contributed by atoms with Crippen molar-refractivity contribution in [1.82, 2.24) is 0 Å². The SMILES string of the molecule is CCN(c1cccc(O)c1)c1ccc(C(N)=S)c(Cl)c1. The summed E-state index contributed by atoms with van der Waals surface area (Å²) in [4.78, 5) is 2.32. The molecule has 2 aromatic rings. The molecule has 20 heavy (non-hydrogen) atoms. The lowest BCUT2D eigenvalue weighted by Crippen LogP contribution is -2.16. The lowest BCUT2D eigenvalue weighted by atomic mass is 10.1. The van der Waals surface area contributed by atoms with Crippen molar-refractivity contribution in [3.8, 4) is 5.75 Å². The highest BCUT2D eigenvalue weighted by Gasteiger charge is 2.11. The molecule has 104 valence electrons. The standard InChI is InChI=1S/C15H15ClN2OS/c1-2-18(10-4-3-5-12(19)8-10)11-6-7-13(15(17)20)14(16)9-11/h3-9,19H,2H2,1H3,(H2,17,20). The Balaban J connectivity index is 2.42. The average molecular weight is 307 g/mol. The van der Waals surface area contributed by atoms with Crippen molar-refractivity contribution in [2.24, 2.45) is 5.73 Å². The molecule has 0 heterocycles. The third-order valence-corrected chi connectivity index (χ3v) is 3.52. The topological polar surface area (TPSA) is 49.5 Å². The first-order valence-electron chi connectivity index (χ1n) is 6.19. The van der Waals surface area contributed by atoms with Gasteiger partial charge in [0.1, 0.15) is 10.7 Å². The molecule has 0 aromatic heterocycles. The van der Waals surface area contributed by atoms with Crippen LogP contribution in [-0.4, -0.2) is 16.6 Å². The Hall–Kier alpha value is -1.78. The van der Waals surface area contributed by atoms with E-state index in [9.17, 15) is 5.11 Å². The molecule has 3 nitrogen and oxygen atoms in total. The Morgan fingerprint density at radius 2 is 1.95 bits per heavy atom. The van der Waals surface area contributed by atoms with Gasteiger partial charge in [-0.3, -0.25) is 0 Å². The number of anilines is 2. The van der Waals surface area contributed by atoms with Crippen LogP contribution in [0.15, 0.2) is 42.5 Å². The summed E-state index contributed by atoms with van der Waals surface area (Å²) in [5.41, 5.74) is 8.08. The predicted octanol–water partition coefficient (Wildman–Crippen LogP) is 3.84. The largest absolute Gasteiger partial charge is 0.508 e. The van der Waals surface area contributed by atoms with E-state index in [1.165, 1.54) is 0 Å². The molecule has 3 N–H and O–H groups in total. The van der Waals surface area contributed by atoms with Gasteiger partial charge in [0.25, 0.3) is 0 Å². The van der Waals surface area contributed by atoms with Crippen LogP contribution in [-0.2, 0) is 0 Å². The summed E-state index contributed by atoms with van der Waals surface area (Å²) in [5, 5.41) is 10.1. The van der Waals surface area contributed by atoms with Crippen LogP contribution in [0, 0.1) is 0 Å². The first-order valence-corrected chi connectivity index (χ1v) is 6.97. The molecule has 0 bridgehead atoms. The second-order valence-corrected chi connectivity index (χ2v) is 5.14. The monoisotopic (exact) mass is 306 g/mol. The van der Waals surface area contributed by atoms with Crippen molar-refractivity contribution in [1.29, 1.82) is 0 Å². The molecule has 0 saturated carbocycles. The average Bonchev–Trinajstić information content (AvgIpc) is 2.39. The van der Waals surface area contributed by atoms with Crippen LogP contribution in [0.4, 0.5) is 11.4 Å². The highest BCUT2D eigenvalue weighted by atomic mass is 35.5. The smallest absolute Gasteiger partial charge is 0.117 e. The van der Waals surface area contributed by atoms with Crippen LogP contribution in [0.25, 0.3) is 0 Å². The number of nitrogens with zero attached hydrogens (tertiary/aromatic N) is 1. The molecule has 0 spiro atoms. The van der Waals surface area contributed by atoms with Gasteiger partial charge in [0, 0.05) is 29.5 Å². The van der Waals surface area contributed by atoms with Gasteiger partial charge in [-0.25, -0.2) is 0 Å². The predicted molar refractivity (Wildman–Crippen MR) is 88.1 cm³/mol. The number of aromatic hydroxyl groups is 1. The lowest BCUT2D eigenvalue weighted by molar-refractivity contribution is 0.475. The zero-order valence-electron chi connectivity index (χ0n) is 11.0. The van der Waals surface area contributed by atoms with E-state index in [4.69, 9.17) is 29.6 Å². The Labute approximate surface area is 128 Å². The minimum Gasteiger partial charge on any atom is -0.508 e. The maximum absolute atomic E-state index is 9.59. The van der Waals surface area contributed by atoms with E-state index in [-0.39, 0.29) is 10.7 Å². The zero-order valence-corrected chi connectivity index (χ0v) is 12.6. The Morgan fingerprint density at radius 3 is 2.50 bits per heavy atom. The van der Waals surface area contributed by atoms with E-state index in [0.717, 1.165) is 17.9 Å². The maximum Gasteiger partial charge on any atom is 0.117 e. The summed E-state index contributed by atoms with van der Waals surface area (Å²) in [7, 11) is 0. The van der Waals surface area contributed by atoms with Crippen LogP contribution in [0.2, 0.25) is 5.02 Å². The molecule has 2 rings (SSSR count). The molecule has 0 fully saturated rings. The van der Waals surface area contributed by atoms with Gasteiger partial charge < -0.3 is 15.7 Å². The third kappa shape index (κ3) is 3.03. The summed E-state index contributed by atoms with van der Waals surface area (Å²) in [5.74, 6) is 0.229. The van der Waals surface area contributed by atoms with Gasteiger partial charge in [-0.2, -0.15) is 0 Å². The second-order valence-electron chi connectivity index (χ2n) is 4.29. The zero-order chi connectivity index (χ0) is 14.7. The molecule has 0 unspecified atom stereocenters. The number of nitrogens with two attached hydrogens (primary N) is 1. The summed E-state index contributed by atoms with van der Waals surface area (Å²) >= 11 is 11.1. The minimum absolute atomic E-state index is 0.229. The number of thiocarbonyl (C=S) groups is 1. The van der Waals surface area contributed by atoms with Crippen LogP contribution < -0.4 is 10.6 Å². The van der Waals surface area contributed by atoms with Gasteiger partial charge in [-0.1, -0.05) is 29.9 Å². The van der Waals surface area contributed by atoms with E-state index in [0.29, 0.717) is 10.6 Å². The van der Waals surface area contributed by atoms with Crippen LogP contribution in [0.1, 0.15) is 12.5 Å². The fraction of sp³-hybridized carbons (Fsp3) is 0.133. The van der Waals surface area contributed by atoms with Crippen molar-refractivity contribution in [2.45, 2.75) is 6.92 Å². The first-order chi connectivity index (χ1) is 9.52. The Bertz CT molecular complexity index is 646. The van der Waals surface area contributed by atoms with Gasteiger partial charge >= 0.3 is 0 Å². The quantitative estimate of drug-likeness (QED) is 0.843. The van der Waals surface area contributed by atoms with Crippen LogP contribution in [0.3, 0.4) is 0 Å². The molecular weight excluding hydrogens is 292 g/mol. The molecule has 0 saturated heterocycles. The van der Waals surface area contributed by atoms with Gasteiger partial charge in [-0.05, 0) is 37.3 Å². The molecule has 0 atom stereocenters. The van der Waals surface area contributed by atoms with Crippen molar-refractivity contribution in [3.05, 3.63) is 53.1 Å². The molecule has 2 aromatic carbocycles. The molecule has 0 radical (unpaired) electrons. The van der Waals surface area contributed by atoms with Gasteiger partial charge in [0.05, 0.1) is 5.02 Å². The van der Waals surface area contributed by atoms with E-state index < -0.39 is 0 Å². The Kier molecular flexibility index (Phi) is 4.47. The van der Waals surface area contributed by atoms with E-state index in [1.54, 1.807) is 18.2 Å². The summed E-state index contributed by atoms with van der Waals surface area (Å²) in [6, 6.07) is 12.6. The molecule has 0 aliphatic heterocycles. The molecule has 0 aliphatic carbocycles. The van der Waals surface area contributed by atoms with Crippen molar-refractivity contribution >= 4 is 40.2 Å². The normalized spacial score (nSPS) is 10.3. The van der Waals surface area contributed by atoms with E-state index in [2.05, 4.69) is 0 Å². The van der Waals surface area contributed by atoms with Crippen LogP contribution in [0.5, 0.6) is 5.75 Å². The molecular formula is C15H15ClN2OS. The highest BCUT2D eigenvalue weighted by Crippen LogP contribution is 2.30. The maximum atomic E-state index is 9.59. The summed E-state index contributed by atoms with van der Waals surface area (Å²) in [6.45, 7) is 2.77. The first kappa shape index (κ1) is 14.6. The number of benzene rings is 2. The number of hydrogen-bond donors (Lipinski definition) is 2. The third-order valence-electron chi connectivity index (χ3n) is 2.99. The van der Waals surface area contributed by atoms with Crippen LogP contribution >= 0.6 is 23.8 Å². The fourth-order valence-corrected chi connectivity index (χ4v) is 2.56. The number of halogens is 1. The summed E-state index contributed by atoms with van der Waals surface area (Å²) < 4.78 is 0. The number of phenolic OH excluding ortho intramolecular Hbond substituents is 1. The van der Waals surface area contributed by atoms with Crippen molar-refractivity contribution in [2.75, 3.05) is 11.4 Å². The van der Waals surface area contributed by atoms with E-state index in [1.807, 2.05) is 36.1 Å². The van der Waals surface area contributed by atoms with Gasteiger partial charge in [-0.15, -0.1) is 0 Å². The van der Waals surface area contributed by atoms with Crippen molar-refractivity contribution < 1.29 is 5.11 Å². The Morgan fingerprint density at radius 1 is 1.25 bits per heavy atom. The molecule has 0 amide bonds. The highest BCUT2D eigenvalue weighted by molar-refractivity contribution is 7.80. The summed E-state index contributed by atoms with van der Waals surface area (Å²) in [6.07, 6.45) is 0. The van der Waals surface area contributed by atoms with Gasteiger partial charge in [0.2, 0.25) is 0 Å². The van der Waals surface area contributed by atoms with Crippen molar-refractivity contribution in [3.63, 3.8) is 0 Å². The number of hydrogen-bond acceptors (Lipinski definition) is 3. The number of rotatable bonds is 4. The molecule has 5 heteroatoms. The van der Waals surface area contributed by atoms with Gasteiger partial charge in [0.15, 0.2) is 0 Å². The fourth-order valence-electron chi connectivity index (χ4n) is 2.05. The minimum atomic E-state index is 0.229. The lowest BCUT2D eigenvalue weighted by Gasteiger charge is -2.24. The molecule has 0 aliphatic rings. The van der Waals surface area contributed by atoms with E-state index >= 15 is 0 Å².